The summed E-state index contributed by atoms with van der Waals surface area (Å²) in [5.41, 5.74) is 1.51. The van der Waals surface area contributed by atoms with Crippen LogP contribution in [-0.4, -0.2) is 30.0 Å². The number of hydrogen-bond acceptors (Lipinski definition) is 5. The second kappa shape index (κ2) is 8.95. The zero-order valence-electron chi connectivity index (χ0n) is 15.5. The number of nitrogens with one attached hydrogen (secondary N) is 1. The van der Waals surface area contributed by atoms with Crippen LogP contribution in [0, 0.1) is 25.2 Å². The number of nitriles is 1. The van der Waals surface area contributed by atoms with Crippen molar-refractivity contribution in [2.24, 2.45) is 0 Å². The van der Waals surface area contributed by atoms with Crippen LogP contribution in [0.15, 0.2) is 29.8 Å². The van der Waals surface area contributed by atoms with Crippen molar-refractivity contribution in [3.05, 3.63) is 57.9 Å². The predicted molar refractivity (Wildman–Crippen MR) is 97.2 cm³/mol. The second-order valence-electron chi connectivity index (χ2n) is 5.79. The van der Waals surface area contributed by atoms with Gasteiger partial charge in [-0.05, 0) is 50.1 Å². The molecule has 8 heteroatoms. The molecule has 0 aliphatic carbocycles. The first-order chi connectivity index (χ1) is 13.3. The number of alkyl halides is 2. The summed E-state index contributed by atoms with van der Waals surface area (Å²) in [6, 6.07) is 7.33. The average Bonchev–Trinajstić information content (AvgIpc) is 2.94. The molecule has 0 spiro atoms. The fraction of sp³-hybridized carbons (Fsp3) is 0.250. The molecule has 0 amide bonds. The van der Waals surface area contributed by atoms with E-state index in [2.05, 4.69) is 9.72 Å². The van der Waals surface area contributed by atoms with Gasteiger partial charge in [-0.1, -0.05) is 12.1 Å². The zero-order valence-corrected chi connectivity index (χ0v) is 15.5. The van der Waals surface area contributed by atoms with Crippen LogP contribution in [0.25, 0.3) is 6.08 Å². The Hall–Kier alpha value is -3.47. The van der Waals surface area contributed by atoms with Crippen LogP contribution in [0.5, 0.6) is 5.75 Å². The maximum atomic E-state index is 12.8. The van der Waals surface area contributed by atoms with Crippen LogP contribution >= 0.6 is 0 Å². The van der Waals surface area contributed by atoms with E-state index in [1.807, 2.05) is 6.07 Å². The number of carbonyl (C=O) groups excluding carboxylic acids is 2. The summed E-state index contributed by atoms with van der Waals surface area (Å²) in [4.78, 5) is 27.7. The summed E-state index contributed by atoms with van der Waals surface area (Å²) in [6.07, 6.45) is 1.33. The van der Waals surface area contributed by atoms with E-state index >= 15 is 0 Å². The van der Waals surface area contributed by atoms with Gasteiger partial charge < -0.3 is 14.5 Å². The first-order valence-electron chi connectivity index (χ1n) is 8.36. The first-order valence-corrected chi connectivity index (χ1v) is 8.36. The van der Waals surface area contributed by atoms with Crippen molar-refractivity contribution in [3.63, 3.8) is 0 Å². The molecule has 146 valence electrons. The lowest BCUT2D eigenvalue weighted by Gasteiger charge is -2.04. The Bertz CT molecular complexity index is 954. The summed E-state index contributed by atoms with van der Waals surface area (Å²) < 4.78 is 33.6. The number of aryl methyl sites for hydroxylation is 1. The molecule has 0 bridgehead atoms. The molecule has 0 fully saturated rings. The molecule has 1 aromatic carbocycles. The van der Waals surface area contributed by atoms with Crippen molar-refractivity contribution in [2.75, 3.05) is 6.61 Å². The molecule has 1 heterocycles. The molecule has 1 N–H and O–H groups in total. The van der Waals surface area contributed by atoms with Gasteiger partial charge in [-0.2, -0.15) is 14.0 Å². The minimum atomic E-state index is -2.94. The first kappa shape index (κ1) is 20.8. The average molecular weight is 388 g/mol. The molecule has 2 rings (SSSR count). The molecule has 0 atom stereocenters. The largest absolute Gasteiger partial charge is 0.462 e. The summed E-state index contributed by atoms with van der Waals surface area (Å²) >= 11 is 0. The molecule has 0 saturated carbocycles. The lowest BCUT2D eigenvalue weighted by atomic mass is 10.0. The number of rotatable bonds is 7. The number of allylic oxidation sites excluding steroid dienone is 1. The fourth-order valence-electron chi connectivity index (χ4n) is 2.68. The molecule has 28 heavy (non-hydrogen) atoms. The third kappa shape index (κ3) is 4.62. The molecule has 1 aromatic heterocycles. The number of aromatic amines is 1. The van der Waals surface area contributed by atoms with Crippen molar-refractivity contribution >= 4 is 17.8 Å². The van der Waals surface area contributed by atoms with Gasteiger partial charge in [-0.25, -0.2) is 4.79 Å². The van der Waals surface area contributed by atoms with Crippen LogP contribution < -0.4 is 4.74 Å². The predicted octanol–water partition coefficient (Wildman–Crippen LogP) is 4.20. The maximum Gasteiger partial charge on any atom is 0.387 e. The topological polar surface area (TPSA) is 92.2 Å². The van der Waals surface area contributed by atoms with Crippen molar-refractivity contribution in [2.45, 2.75) is 27.4 Å². The number of benzene rings is 1. The van der Waals surface area contributed by atoms with Gasteiger partial charge in [0.05, 0.1) is 17.9 Å². The molecule has 6 nitrogen and oxygen atoms in total. The number of esters is 1. The van der Waals surface area contributed by atoms with Gasteiger partial charge in [0.1, 0.15) is 17.4 Å². The molecule has 2 aromatic rings. The van der Waals surface area contributed by atoms with Gasteiger partial charge in [0.2, 0.25) is 5.78 Å². The van der Waals surface area contributed by atoms with Crippen LogP contribution in [0.3, 0.4) is 0 Å². The minimum Gasteiger partial charge on any atom is -0.462 e. The van der Waals surface area contributed by atoms with E-state index in [-0.39, 0.29) is 29.2 Å². The Morgan fingerprint density at radius 2 is 1.89 bits per heavy atom. The second-order valence-corrected chi connectivity index (χ2v) is 5.79. The Morgan fingerprint density at radius 1 is 1.25 bits per heavy atom. The van der Waals surface area contributed by atoms with E-state index in [9.17, 15) is 23.6 Å². The monoisotopic (exact) mass is 388 g/mol. The number of ether oxygens (including phenoxy) is 2. The Balaban J connectivity index is 2.34. The van der Waals surface area contributed by atoms with Crippen molar-refractivity contribution in [1.82, 2.24) is 4.98 Å². The Labute approximate surface area is 160 Å². The Morgan fingerprint density at radius 3 is 2.43 bits per heavy atom. The summed E-state index contributed by atoms with van der Waals surface area (Å²) in [5.74, 6) is -1.18. The molecule has 0 aliphatic rings. The van der Waals surface area contributed by atoms with Gasteiger partial charge >= 0.3 is 12.6 Å². The fourth-order valence-corrected chi connectivity index (χ4v) is 2.68. The van der Waals surface area contributed by atoms with E-state index < -0.39 is 18.4 Å². The van der Waals surface area contributed by atoms with Gasteiger partial charge in [0.25, 0.3) is 0 Å². The van der Waals surface area contributed by atoms with Crippen LogP contribution in [0.4, 0.5) is 8.78 Å². The number of aromatic nitrogens is 1. The summed E-state index contributed by atoms with van der Waals surface area (Å²) in [6.45, 7) is 2.16. The van der Waals surface area contributed by atoms with Crippen LogP contribution in [-0.2, 0) is 4.74 Å². The van der Waals surface area contributed by atoms with Gasteiger partial charge in [0, 0.05) is 5.69 Å². The van der Waals surface area contributed by atoms with E-state index in [0.717, 1.165) is 0 Å². The quantitative estimate of drug-likeness (QED) is 0.332. The van der Waals surface area contributed by atoms with Crippen LogP contribution in [0.1, 0.15) is 44.6 Å². The lowest BCUT2D eigenvalue weighted by Crippen LogP contribution is -2.08. The smallest absolute Gasteiger partial charge is 0.387 e. The molecule has 0 radical (unpaired) electrons. The van der Waals surface area contributed by atoms with Crippen LogP contribution in [0.2, 0.25) is 0 Å². The molecule has 0 unspecified atom stereocenters. The molecule has 0 saturated heterocycles. The molecular weight excluding hydrogens is 370 g/mol. The van der Waals surface area contributed by atoms with Gasteiger partial charge in [0.15, 0.2) is 0 Å². The number of halogens is 2. The van der Waals surface area contributed by atoms with E-state index in [4.69, 9.17) is 4.74 Å². The number of Topliss-reactive ketones (excluding diaryl/α,β-unsaturated/α-hetero) is 1. The third-order valence-corrected chi connectivity index (χ3v) is 3.93. The Kier molecular flexibility index (Phi) is 6.66. The SMILES string of the molecule is CCOC(=O)c1c(C)[nH]c(C(=O)/C(C#N)=C/c2ccc(OC(F)F)cc2)c1C. The number of hydrogen-bond donors (Lipinski definition) is 1. The summed E-state index contributed by atoms with van der Waals surface area (Å²) in [5, 5.41) is 9.38. The maximum absolute atomic E-state index is 12.8. The summed E-state index contributed by atoms with van der Waals surface area (Å²) in [7, 11) is 0. The number of ketones is 1. The van der Waals surface area contributed by atoms with E-state index in [1.165, 1.54) is 30.3 Å². The molecule has 0 aliphatic heterocycles. The third-order valence-electron chi connectivity index (χ3n) is 3.93. The van der Waals surface area contributed by atoms with Gasteiger partial charge in [-0.3, -0.25) is 4.79 Å². The van der Waals surface area contributed by atoms with E-state index in [0.29, 0.717) is 16.8 Å². The van der Waals surface area contributed by atoms with Crippen molar-refractivity contribution in [1.29, 1.82) is 5.26 Å². The van der Waals surface area contributed by atoms with Crippen molar-refractivity contribution < 1.29 is 27.8 Å². The van der Waals surface area contributed by atoms with Crippen molar-refractivity contribution in [3.8, 4) is 11.8 Å². The number of carbonyl (C=O) groups is 2. The highest BCUT2D eigenvalue weighted by atomic mass is 19.3. The highest BCUT2D eigenvalue weighted by Crippen LogP contribution is 2.23. The lowest BCUT2D eigenvalue weighted by molar-refractivity contribution is -0.0498. The highest BCUT2D eigenvalue weighted by Gasteiger charge is 2.24. The normalized spacial score (nSPS) is 11.2. The molecular formula is C20H18F2N2O4. The van der Waals surface area contributed by atoms with Gasteiger partial charge in [-0.15, -0.1) is 0 Å². The minimum absolute atomic E-state index is 0.0353. The number of nitrogens with zero attached hydrogens (tertiary/aromatic N) is 1. The number of H-pyrrole nitrogens is 1. The standard InChI is InChI=1S/C20H18F2N2O4/c1-4-27-19(26)16-11(2)17(24-12(16)3)18(25)14(10-23)9-13-5-7-15(8-6-13)28-20(21)22/h5-9,20,24H,4H2,1-3H3/b14-9+. The van der Waals surface area contributed by atoms with E-state index in [1.54, 1.807) is 20.8 Å². The zero-order chi connectivity index (χ0) is 20.8. The highest BCUT2D eigenvalue weighted by molar-refractivity contribution is 6.15.